The van der Waals surface area contributed by atoms with Crippen LogP contribution < -0.4 is 5.32 Å². The molecule has 0 spiro atoms. The van der Waals surface area contributed by atoms with Crippen molar-refractivity contribution in [3.63, 3.8) is 0 Å². The van der Waals surface area contributed by atoms with Crippen molar-refractivity contribution in [1.82, 2.24) is 9.97 Å². The van der Waals surface area contributed by atoms with Gasteiger partial charge >= 0.3 is 0 Å². The van der Waals surface area contributed by atoms with Gasteiger partial charge in [-0.2, -0.15) is 0 Å². The Hall–Kier alpha value is -1.42. The van der Waals surface area contributed by atoms with Crippen LogP contribution in [0.2, 0.25) is 0 Å². The predicted molar refractivity (Wildman–Crippen MR) is 77.9 cm³/mol. The molecule has 0 fully saturated rings. The second-order valence-electron chi connectivity index (χ2n) is 4.08. The molecule has 0 saturated carbocycles. The molecule has 0 amide bonds. The van der Waals surface area contributed by atoms with E-state index in [-0.39, 0.29) is 0 Å². The maximum absolute atomic E-state index is 4.55. The minimum absolute atomic E-state index is 0.757. The van der Waals surface area contributed by atoms with E-state index in [1.807, 2.05) is 25.1 Å². The molecule has 2 rings (SSSR count). The maximum Gasteiger partial charge on any atom is 0.144 e. The number of nitrogens with zero attached hydrogens (tertiary/aromatic N) is 2. The van der Waals surface area contributed by atoms with Crippen molar-refractivity contribution in [1.29, 1.82) is 0 Å². The van der Waals surface area contributed by atoms with Crippen molar-refractivity contribution in [2.75, 3.05) is 11.9 Å². The molecule has 0 unspecified atom stereocenters. The number of hydrogen-bond acceptors (Lipinski definition) is 3. The molecule has 1 heterocycles. The molecule has 0 aliphatic rings. The van der Waals surface area contributed by atoms with Crippen molar-refractivity contribution in [3.8, 4) is 0 Å². The third kappa shape index (κ3) is 3.07. The number of halogens is 1. The quantitative estimate of drug-likeness (QED) is 0.938. The monoisotopic (exact) mass is 305 g/mol. The fraction of sp³-hybridized carbons (Fsp3) is 0.286. The van der Waals surface area contributed by atoms with Gasteiger partial charge in [0.05, 0.1) is 10.2 Å². The summed E-state index contributed by atoms with van der Waals surface area (Å²) >= 11 is 3.51. The molecule has 4 heteroatoms. The molecule has 1 aromatic heterocycles. The highest BCUT2D eigenvalue weighted by atomic mass is 79.9. The van der Waals surface area contributed by atoms with Crippen LogP contribution in [0.4, 0.5) is 5.82 Å². The largest absolute Gasteiger partial charge is 0.369 e. The van der Waals surface area contributed by atoms with Crippen molar-refractivity contribution in [2.24, 2.45) is 0 Å². The van der Waals surface area contributed by atoms with Gasteiger partial charge in [0.25, 0.3) is 0 Å². The summed E-state index contributed by atoms with van der Waals surface area (Å²) in [5.74, 6) is 1.72. The Bertz CT molecular complexity index is 526. The summed E-state index contributed by atoms with van der Waals surface area (Å²) in [6, 6.07) is 10.3. The topological polar surface area (TPSA) is 37.8 Å². The van der Waals surface area contributed by atoms with E-state index in [1.165, 1.54) is 5.56 Å². The number of aromatic nitrogens is 2. The van der Waals surface area contributed by atoms with E-state index < -0.39 is 0 Å². The van der Waals surface area contributed by atoms with Crippen LogP contribution in [0.1, 0.15) is 24.0 Å². The lowest BCUT2D eigenvalue weighted by Gasteiger charge is -2.10. The minimum atomic E-state index is 0.757. The van der Waals surface area contributed by atoms with Crippen molar-refractivity contribution in [2.45, 2.75) is 20.3 Å². The average Bonchev–Trinajstić information content (AvgIpc) is 2.37. The third-order valence-electron chi connectivity index (χ3n) is 2.61. The molecule has 18 heavy (non-hydrogen) atoms. The first-order valence-electron chi connectivity index (χ1n) is 6.01. The van der Waals surface area contributed by atoms with Gasteiger partial charge in [0.2, 0.25) is 0 Å². The van der Waals surface area contributed by atoms with Crippen LogP contribution in [0.15, 0.2) is 34.8 Å². The molecule has 1 N–H and O–H groups in total. The summed E-state index contributed by atoms with van der Waals surface area (Å²) in [6.07, 6.45) is 0.757. The molecule has 0 aliphatic carbocycles. The molecule has 0 saturated heterocycles. The molecule has 0 atom stereocenters. The van der Waals surface area contributed by atoms with E-state index in [4.69, 9.17) is 0 Å². The van der Waals surface area contributed by atoms with Crippen LogP contribution in [0, 0.1) is 6.92 Å². The van der Waals surface area contributed by atoms with Crippen molar-refractivity contribution >= 4 is 21.7 Å². The van der Waals surface area contributed by atoms with Gasteiger partial charge in [0.15, 0.2) is 0 Å². The van der Waals surface area contributed by atoms with E-state index >= 15 is 0 Å². The molecule has 0 aliphatic heterocycles. The van der Waals surface area contributed by atoms with E-state index in [1.54, 1.807) is 0 Å². The van der Waals surface area contributed by atoms with Gasteiger partial charge < -0.3 is 5.32 Å². The van der Waals surface area contributed by atoms with E-state index in [0.29, 0.717) is 0 Å². The molecule has 1 aromatic carbocycles. The van der Waals surface area contributed by atoms with E-state index in [0.717, 1.165) is 34.8 Å². The van der Waals surface area contributed by atoms with Crippen LogP contribution in [0.5, 0.6) is 0 Å². The van der Waals surface area contributed by atoms with E-state index in [9.17, 15) is 0 Å². The lowest BCUT2D eigenvalue weighted by molar-refractivity contribution is 0.930. The first-order chi connectivity index (χ1) is 8.70. The predicted octanol–water partition coefficient (Wildman–Crippen LogP) is 3.57. The minimum Gasteiger partial charge on any atom is -0.369 e. The van der Waals surface area contributed by atoms with Gasteiger partial charge in [-0.25, -0.2) is 9.97 Å². The van der Waals surface area contributed by atoms with Gasteiger partial charge in [0.1, 0.15) is 11.6 Å². The second-order valence-corrected chi connectivity index (χ2v) is 4.87. The van der Waals surface area contributed by atoms with Gasteiger partial charge in [-0.3, -0.25) is 0 Å². The average molecular weight is 306 g/mol. The van der Waals surface area contributed by atoms with Gasteiger partial charge in [-0.05, 0) is 35.3 Å². The zero-order valence-electron chi connectivity index (χ0n) is 10.6. The Labute approximate surface area is 116 Å². The number of hydrogen-bond donors (Lipinski definition) is 1. The fourth-order valence-electron chi connectivity index (χ4n) is 1.76. The fourth-order valence-corrected chi connectivity index (χ4v) is 2.08. The summed E-state index contributed by atoms with van der Waals surface area (Å²) in [6.45, 7) is 4.89. The van der Waals surface area contributed by atoms with Crippen LogP contribution in [-0.2, 0) is 6.42 Å². The van der Waals surface area contributed by atoms with Crippen LogP contribution in [-0.4, -0.2) is 16.5 Å². The lowest BCUT2D eigenvalue weighted by Crippen LogP contribution is -2.07. The van der Waals surface area contributed by atoms with Gasteiger partial charge in [0, 0.05) is 13.0 Å². The van der Waals surface area contributed by atoms with Crippen LogP contribution >= 0.6 is 15.9 Å². The molecule has 94 valence electrons. The van der Waals surface area contributed by atoms with Crippen molar-refractivity contribution in [3.05, 3.63) is 51.9 Å². The summed E-state index contributed by atoms with van der Waals surface area (Å²) in [5.41, 5.74) is 2.19. The molecular formula is C14H16BrN3. The number of nitrogens with one attached hydrogen (secondary N) is 1. The van der Waals surface area contributed by atoms with Crippen LogP contribution in [0.25, 0.3) is 0 Å². The Morgan fingerprint density at radius 3 is 2.56 bits per heavy atom. The standard InChI is InChI=1S/C14H16BrN3/c1-3-16-14-13(15)10(2)17-12(18-14)9-11-7-5-4-6-8-11/h4-8H,3,9H2,1-2H3,(H,16,17,18). The van der Waals surface area contributed by atoms with E-state index in [2.05, 4.69) is 50.3 Å². The van der Waals surface area contributed by atoms with Crippen LogP contribution in [0.3, 0.4) is 0 Å². The molecule has 3 nitrogen and oxygen atoms in total. The number of anilines is 1. The smallest absolute Gasteiger partial charge is 0.144 e. The second kappa shape index (κ2) is 5.96. The first kappa shape index (κ1) is 13.0. The molecule has 0 radical (unpaired) electrons. The Balaban J connectivity index is 2.28. The number of aryl methyl sites for hydroxylation is 1. The van der Waals surface area contributed by atoms with Gasteiger partial charge in [-0.15, -0.1) is 0 Å². The highest BCUT2D eigenvalue weighted by Crippen LogP contribution is 2.23. The van der Waals surface area contributed by atoms with Gasteiger partial charge in [-0.1, -0.05) is 30.3 Å². The maximum atomic E-state index is 4.55. The number of rotatable bonds is 4. The Kier molecular flexibility index (Phi) is 4.31. The Morgan fingerprint density at radius 2 is 1.89 bits per heavy atom. The molecule has 2 aromatic rings. The summed E-state index contributed by atoms with van der Waals surface area (Å²) in [4.78, 5) is 9.06. The SMILES string of the molecule is CCNc1nc(Cc2ccccc2)nc(C)c1Br. The third-order valence-corrected chi connectivity index (χ3v) is 3.56. The summed E-state index contributed by atoms with van der Waals surface area (Å²) in [7, 11) is 0. The lowest BCUT2D eigenvalue weighted by atomic mass is 10.1. The summed E-state index contributed by atoms with van der Waals surface area (Å²) in [5, 5.41) is 3.24. The zero-order chi connectivity index (χ0) is 13.0. The van der Waals surface area contributed by atoms with Crippen molar-refractivity contribution < 1.29 is 0 Å². The highest BCUT2D eigenvalue weighted by Gasteiger charge is 2.08. The molecular weight excluding hydrogens is 290 g/mol. The first-order valence-corrected chi connectivity index (χ1v) is 6.80. The molecule has 0 bridgehead atoms. The number of benzene rings is 1. The Morgan fingerprint density at radius 1 is 1.17 bits per heavy atom. The normalized spacial score (nSPS) is 10.4. The summed E-state index contributed by atoms with van der Waals surface area (Å²) < 4.78 is 0.946. The zero-order valence-corrected chi connectivity index (χ0v) is 12.2. The highest BCUT2D eigenvalue weighted by molar-refractivity contribution is 9.10.